The summed E-state index contributed by atoms with van der Waals surface area (Å²) in [4.78, 5) is 16.8. The molecular weight excluding hydrogens is 336 g/mol. The van der Waals surface area contributed by atoms with Crippen LogP contribution in [0.2, 0.25) is 0 Å². The number of ether oxygens (including phenoxy) is 1. The first-order valence-corrected chi connectivity index (χ1v) is 10.3. The van der Waals surface area contributed by atoms with E-state index in [1.807, 2.05) is 26.0 Å². The molecule has 0 aliphatic heterocycles. The Morgan fingerprint density at radius 1 is 1.26 bits per heavy atom. The molecule has 4 heteroatoms. The van der Waals surface area contributed by atoms with Gasteiger partial charge in [-0.2, -0.15) is 0 Å². The maximum atomic E-state index is 12.8. The molecule has 0 radical (unpaired) electrons. The van der Waals surface area contributed by atoms with Crippen molar-refractivity contribution >= 4 is 6.09 Å². The molecule has 0 N–H and O–H groups in total. The number of amides is 1. The first-order valence-electron chi connectivity index (χ1n) is 18.8. The molecule has 0 saturated carbocycles. The third-order valence-electron chi connectivity index (χ3n) is 5.24. The van der Waals surface area contributed by atoms with Crippen molar-refractivity contribution in [2.75, 3.05) is 13.1 Å². The first kappa shape index (κ1) is 12.8. The minimum atomic E-state index is -1.02. The van der Waals surface area contributed by atoms with Gasteiger partial charge in [-0.15, -0.1) is 0 Å². The normalized spacial score (nSPS) is 16.0. The highest BCUT2D eigenvalue weighted by molar-refractivity contribution is 5.71. The van der Waals surface area contributed by atoms with Crippen molar-refractivity contribution < 1.29 is 126 Å². The third kappa shape index (κ3) is 5.71. The lowest BCUT2D eigenvalue weighted by atomic mass is 9.92. The molecule has 0 saturated heterocycles. The topological polar surface area (TPSA) is 32.8 Å². The molecule has 1 atom stereocenters. The van der Waals surface area contributed by atoms with Gasteiger partial charge in [0, 0.05) is 140 Å². The number of hydrogen-bond donors (Lipinski definition) is 0. The van der Waals surface area contributed by atoms with Gasteiger partial charge in [-0.25, -0.2) is 4.79 Å². The lowest BCUT2D eigenvalue weighted by molar-refractivity contribution is 0.137. The molecule has 0 heterocycles. The second-order valence-corrected chi connectivity index (χ2v) is 7.73. The van der Waals surface area contributed by atoms with Gasteiger partial charge >= 0.3 is 6.09 Å². The molecule has 298 valence electrons. The largest absolute Gasteiger partial charge is 0.415 e. The molecular formula is C23H184N2O2. The molecule has 1 aromatic carbocycles. The van der Waals surface area contributed by atoms with E-state index in [0.717, 1.165) is 24.9 Å². The fourth-order valence-corrected chi connectivity index (χ4v) is 3.89. The number of nitrogens with zero attached hydrogens (tertiary/aromatic N) is 2. The van der Waals surface area contributed by atoms with Crippen LogP contribution in [-0.2, 0) is 0 Å². The Morgan fingerprint density at radius 2 is 1.89 bits per heavy atom. The average molecular weight is 539 g/mol. The van der Waals surface area contributed by atoms with E-state index in [0.29, 0.717) is 18.3 Å². The Balaban J connectivity index is -0.00000000219. The summed E-state index contributed by atoms with van der Waals surface area (Å²) in [5, 5.41) is 0. The molecule has 0 unspecified atom stereocenters. The first-order chi connectivity index (χ1) is 21.0. The minimum absolute atomic E-state index is 0. The van der Waals surface area contributed by atoms with E-state index in [9.17, 15) is 4.79 Å². The SMILES string of the molecule is [2H]C(C)(C)N(CCC)C(=O)Oc1ccc(C)c([C@H](CC)N(CC)C(C)C)c1C.[2H][2H].[2H][2H].[2H][2H].[2H][2H].[2H][2H].[2H][2H].[2H][2H].[2H][2H].[HH].[HH].[HH].[HH].[HH].[HH].[HH].[HH].[HH].[HH].[HH].[HH].[HH].[HH].[HH].[HH].[HH].[HH].[HH].[HH].[HH].[HH].[HH].[HH].[HH].[HH].[HH].[HH].[HH].[HH].[HH].[HH].[HH].[HH].[HH].[HH].[HH].[HH].[HH].[HH].[HH].[HH].[HH].[HH].[HH].[HH].[HH].[HH].[HH].[HH].[HH].[HH].[HH].[HH].[HH].[HH].[HH].[HH].[HH].[HH].[HH].[HH].[HH].[HH]. The summed E-state index contributed by atoms with van der Waals surface area (Å²) in [7, 11) is 0. The van der Waals surface area contributed by atoms with Gasteiger partial charge in [-0.3, -0.25) is 4.90 Å². The van der Waals surface area contributed by atoms with Crippen LogP contribution >= 0.6 is 0 Å². The Morgan fingerprint density at radius 3 is 2.33 bits per heavy atom. The Labute approximate surface area is 288 Å². The number of benzene rings is 1. The predicted octanol–water partition coefficient (Wildman–Crippen LogP) is 23.8. The summed E-state index contributed by atoms with van der Waals surface area (Å²) < 4.78 is 94.1. The Bertz CT molecular complexity index is 734. The number of carbonyl (C=O) groups excluding carboxylic acids is 1. The summed E-state index contributed by atoms with van der Waals surface area (Å²) in [6, 6.07) is 3.62. The molecule has 0 spiro atoms. The summed E-state index contributed by atoms with van der Waals surface area (Å²) in [5.41, 5.74) is 3.48. The molecule has 0 aliphatic rings. The summed E-state index contributed by atoms with van der Waals surface area (Å²) in [6.45, 7) is 19.9. The van der Waals surface area contributed by atoms with Gasteiger partial charge in [0.2, 0.25) is 0 Å². The highest BCUT2D eigenvalue weighted by Gasteiger charge is 2.26. The molecule has 27 heavy (non-hydrogen) atoms. The van der Waals surface area contributed by atoms with Gasteiger partial charge in [0.05, 0.1) is 1.37 Å². The van der Waals surface area contributed by atoms with Crippen molar-refractivity contribution in [2.45, 2.75) is 93.3 Å². The van der Waals surface area contributed by atoms with Crippen LogP contribution in [-0.4, -0.2) is 41.0 Å². The molecule has 1 aromatic rings. The maximum absolute atomic E-state index is 12.8. The monoisotopic (exact) mass is 539 g/mol. The minimum Gasteiger partial charge on any atom is -0.410 e. The van der Waals surface area contributed by atoms with E-state index >= 15 is 0 Å². The van der Waals surface area contributed by atoms with Crippen molar-refractivity contribution in [1.29, 1.82) is 0 Å². The van der Waals surface area contributed by atoms with E-state index in [2.05, 4.69) is 39.5 Å². The Hall–Kier alpha value is -1.55. The lowest BCUT2D eigenvalue weighted by Crippen LogP contribution is -2.39. The van der Waals surface area contributed by atoms with Gasteiger partial charge < -0.3 is 9.64 Å². The lowest BCUT2D eigenvalue weighted by Gasteiger charge is -2.36. The van der Waals surface area contributed by atoms with Gasteiger partial charge in [0.25, 0.3) is 0 Å². The predicted molar refractivity (Wildman–Crippen MR) is 267 cm³/mol. The zero-order chi connectivity index (χ0) is 37.6. The smallest absolute Gasteiger partial charge is 0.410 e. The number of carbonyl (C=O) groups is 1. The van der Waals surface area contributed by atoms with Crippen molar-refractivity contribution in [3.8, 4) is 5.75 Å². The number of aryl methyl sites for hydroxylation is 1. The zero-order valence-corrected chi connectivity index (χ0v) is 18.8. The van der Waals surface area contributed by atoms with Crippen LogP contribution in [0.4, 0.5) is 4.79 Å². The summed E-state index contributed by atoms with van der Waals surface area (Å²) >= 11 is 0. The van der Waals surface area contributed by atoms with E-state index in [-0.39, 0.29) is 97.3 Å². The molecule has 0 bridgehead atoms. The second kappa shape index (κ2) is 10.7. The van der Waals surface area contributed by atoms with Crippen LogP contribution in [0, 0.1) is 13.8 Å². The van der Waals surface area contributed by atoms with Crippen molar-refractivity contribution in [3.05, 3.63) is 28.8 Å². The van der Waals surface area contributed by atoms with Crippen LogP contribution in [0.5, 0.6) is 5.75 Å². The maximum Gasteiger partial charge on any atom is 0.415 e. The Kier molecular flexibility index (Phi) is 5.08. The van der Waals surface area contributed by atoms with Crippen LogP contribution in [0.15, 0.2) is 12.1 Å². The standard InChI is InChI=1S/C23H40N2O2.72H2/c1-10-15-25(17(6)7)23(26)27-21-14-13-18(8)22(19(21)9)20(11-2)24(12-3)16(4)5;;;;;;;;;;;;;;;;;;;;;;;;;;;;;;;;;;;;;;;;;;;;;;;;;;;;;;;;;;;;;;;;;;;;;;;;/h13-14,16-17,20H,10-12,15H2,1-9H3;72*1H/t20-;;;;;;;;;;;;;;;;;;;;;;;;;;;;;;;;;;;;;;;;;;;;;;;;;;;;;;;;;;;;;;;;;;;;;;;;/m0......................................................................../s1/i17D;8*1+1D;;;;;;;;;;;;;;;;;;;;;;;;;;;;;;;;;;;;;;;;;;;;;;;;;;;;;;;;;;;;;;;;. The third-order valence-corrected chi connectivity index (χ3v) is 5.24. The molecule has 4 nitrogen and oxygen atoms in total. The number of hydrogen-bond acceptors (Lipinski definition) is 3. The molecule has 0 fully saturated rings. The van der Waals surface area contributed by atoms with Crippen LogP contribution in [0.3, 0.4) is 0 Å². The molecule has 1 rings (SSSR count). The van der Waals surface area contributed by atoms with Gasteiger partial charge in [0.1, 0.15) is 5.75 Å². The molecule has 0 aromatic heterocycles. The van der Waals surface area contributed by atoms with Crippen LogP contribution in [0.1, 0.15) is 200 Å². The highest BCUT2D eigenvalue weighted by atomic mass is 16.6. The van der Waals surface area contributed by atoms with E-state index in [1.165, 1.54) is 16.0 Å². The fraction of sp³-hybridized carbons (Fsp3) is 0.696. The van der Waals surface area contributed by atoms with Crippen molar-refractivity contribution in [1.82, 2.24) is 9.80 Å². The molecule has 1 amide bonds. The molecule has 0 aliphatic carbocycles. The van der Waals surface area contributed by atoms with Gasteiger partial charge in [-0.05, 0) is 83.7 Å². The van der Waals surface area contributed by atoms with Crippen molar-refractivity contribution in [2.24, 2.45) is 0 Å². The summed E-state index contributed by atoms with van der Waals surface area (Å²) in [5.74, 6) is 0.592. The van der Waals surface area contributed by atoms with E-state index < -0.39 is 12.1 Å². The number of rotatable bonds is 9. The average Bonchev–Trinajstić information content (AvgIpc) is 3.07. The van der Waals surface area contributed by atoms with Crippen LogP contribution < -0.4 is 4.74 Å². The quantitative estimate of drug-likeness (QED) is 0.313. The fourth-order valence-electron chi connectivity index (χ4n) is 3.89. The van der Waals surface area contributed by atoms with Crippen LogP contribution in [0.25, 0.3) is 0 Å². The highest BCUT2D eigenvalue weighted by Crippen LogP contribution is 2.35. The van der Waals surface area contributed by atoms with Gasteiger partial charge in [0.15, 0.2) is 0 Å². The van der Waals surface area contributed by atoms with E-state index in [4.69, 9.17) is 29.9 Å². The summed E-state index contributed by atoms with van der Waals surface area (Å²) in [6.07, 6.45) is 1.32. The zero-order valence-electron chi connectivity index (χ0n) is 35.8. The second-order valence-electron chi connectivity index (χ2n) is 7.73. The van der Waals surface area contributed by atoms with E-state index in [1.54, 1.807) is 13.8 Å². The van der Waals surface area contributed by atoms with Crippen molar-refractivity contribution in [3.63, 3.8) is 0 Å². The van der Waals surface area contributed by atoms with Gasteiger partial charge in [-0.1, -0.05) is 26.8 Å².